The molecule has 1 unspecified atom stereocenters. The largest absolute Gasteiger partial charge is 0.481 e. The Bertz CT molecular complexity index is 636. The number of esters is 2. The first-order chi connectivity index (χ1) is 13.8. The van der Waals surface area contributed by atoms with Crippen molar-refractivity contribution in [3.63, 3.8) is 0 Å². The van der Waals surface area contributed by atoms with Gasteiger partial charge in [-0.05, 0) is 66.0 Å². The zero-order valence-electron chi connectivity index (χ0n) is 20.1. The second-order valence-corrected chi connectivity index (χ2v) is 8.26. The Balaban J connectivity index is -0.0000000519. The van der Waals surface area contributed by atoms with E-state index in [0.717, 1.165) is 12.8 Å². The van der Waals surface area contributed by atoms with E-state index in [1.807, 2.05) is 59.7 Å². The van der Waals surface area contributed by atoms with Crippen molar-refractivity contribution in [1.29, 1.82) is 0 Å². The Labute approximate surface area is 226 Å². The number of rotatable bonds is 7. The van der Waals surface area contributed by atoms with Gasteiger partial charge in [0.2, 0.25) is 0 Å². The maximum Gasteiger partial charge on any atom is 0.338 e. The van der Waals surface area contributed by atoms with Gasteiger partial charge in [-0.25, -0.2) is 4.79 Å². The summed E-state index contributed by atoms with van der Waals surface area (Å²) in [5.74, 6) is -1.10. The van der Waals surface area contributed by atoms with Crippen molar-refractivity contribution in [2.24, 2.45) is 10.8 Å². The van der Waals surface area contributed by atoms with Crippen LogP contribution in [0.3, 0.4) is 0 Å². The lowest BCUT2D eigenvalue weighted by Gasteiger charge is -2.17. The summed E-state index contributed by atoms with van der Waals surface area (Å²) in [6.45, 7) is 14.9. The van der Waals surface area contributed by atoms with Crippen molar-refractivity contribution in [3.05, 3.63) is 35.9 Å². The molecule has 0 radical (unpaired) electrons. The molecule has 0 aliphatic carbocycles. The Kier molecular flexibility index (Phi) is 41.2. The van der Waals surface area contributed by atoms with Crippen LogP contribution in [0.5, 0.6) is 0 Å². The number of ether oxygens (including phenoxy) is 2. The molecule has 0 amide bonds. The fraction of sp³-hybridized carbons (Fsp3) is 0.700. The lowest BCUT2D eigenvalue weighted by Crippen LogP contribution is -2.24. The minimum absolute atomic E-state index is 0. The number of carboxylic acids is 1. The molecule has 0 bridgehead atoms. The van der Waals surface area contributed by atoms with Crippen molar-refractivity contribution < 1.29 is 29.0 Å². The van der Waals surface area contributed by atoms with E-state index < -0.39 is 11.4 Å². The lowest BCUT2D eigenvalue weighted by atomic mass is 9.91. The van der Waals surface area contributed by atoms with Gasteiger partial charge in [0.25, 0.3) is 0 Å². The minimum atomic E-state index is -0.722. The molecule has 36 heavy (non-hydrogen) atoms. The van der Waals surface area contributed by atoms with Gasteiger partial charge >= 0.3 is 17.9 Å². The summed E-state index contributed by atoms with van der Waals surface area (Å²) < 4.78 is 9.71. The first-order valence-electron chi connectivity index (χ1n) is 10.4. The number of hydrogen-bond donors (Lipinski definition) is 1. The van der Waals surface area contributed by atoms with Gasteiger partial charge in [-0.15, -0.1) is 0 Å². The number of aliphatic carboxylic acids is 1. The molecule has 220 valence electrons. The monoisotopic (exact) mass is 520 g/mol. The van der Waals surface area contributed by atoms with Crippen LogP contribution >= 0.6 is 0 Å². The summed E-state index contributed by atoms with van der Waals surface area (Å²) >= 11 is 0. The lowest BCUT2D eigenvalue weighted by molar-refractivity contribution is -0.151. The highest BCUT2D eigenvalue weighted by atomic mass is 16.5. The normalized spacial score (nSPS) is 9.69. The van der Waals surface area contributed by atoms with Gasteiger partial charge in [-0.2, -0.15) is 0 Å². The quantitative estimate of drug-likeness (QED) is 0.360. The van der Waals surface area contributed by atoms with Crippen LogP contribution in [0.2, 0.25) is 0 Å². The van der Waals surface area contributed by atoms with E-state index in [2.05, 4.69) is 4.74 Å². The molecule has 0 spiro atoms. The average Bonchev–Trinajstić information content (AvgIpc) is 2.74. The van der Waals surface area contributed by atoms with Gasteiger partial charge in [-0.3, -0.25) is 9.59 Å². The number of carbonyl (C=O) groups is 3. The second-order valence-electron chi connectivity index (χ2n) is 8.26. The summed E-state index contributed by atoms with van der Waals surface area (Å²) in [4.78, 5) is 32.5. The fourth-order valence-corrected chi connectivity index (χ4v) is 1.48. The second kappa shape index (κ2) is 27.2. The van der Waals surface area contributed by atoms with Crippen molar-refractivity contribution in [2.45, 2.75) is 125 Å². The molecule has 1 N–H and O–H groups in total. The summed E-state index contributed by atoms with van der Waals surface area (Å²) in [6.07, 6.45) is 2.34. The van der Waals surface area contributed by atoms with E-state index in [0.29, 0.717) is 12.0 Å². The van der Waals surface area contributed by atoms with E-state index in [1.165, 1.54) is 7.11 Å². The van der Waals surface area contributed by atoms with Gasteiger partial charge in [0.05, 0.1) is 29.6 Å². The smallest absolute Gasteiger partial charge is 0.338 e. The first kappa shape index (κ1) is 54.5. The SMILES string of the molecule is C.C.C.C.C.C.CCC(C)(C)C(=O)O.CCC(C)(C)C(=O)OC.CCC(C)OC(=O)c1ccccc1. The average molecular weight is 521 g/mol. The van der Waals surface area contributed by atoms with Crippen molar-refractivity contribution in [2.75, 3.05) is 7.11 Å². The standard InChI is InChI=1S/C11H14O2.C7H14O2.C6H12O2.6CH4/c1-3-9(2)13-11(12)10-7-5-4-6-8-10;1-5-7(2,3)6(8)9-4;1-4-6(2,3)5(7)8;;;;;;/h4-9H,3H2,1-2H3;5H2,1-4H3;4H2,1-3H3,(H,7,8);6*1H4. The van der Waals surface area contributed by atoms with Crippen molar-refractivity contribution >= 4 is 17.9 Å². The summed E-state index contributed by atoms with van der Waals surface area (Å²) in [5, 5.41) is 8.44. The van der Waals surface area contributed by atoms with Gasteiger partial charge < -0.3 is 14.6 Å². The Morgan fingerprint density at radius 1 is 0.806 bits per heavy atom. The van der Waals surface area contributed by atoms with Crippen LogP contribution in [-0.4, -0.2) is 36.2 Å². The molecule has 0 fully saturated rings. The summed E-state index contributed by atoms with van der Waals surface area (Å²) in [5.41, 5.74) is -0.239. The van der Waals surface area contributed by atoms with Crippen LogP contribution in [-0.2, 0) is 19.1 Å². The minimum Gasteiger partial charge on any atom is -0.481 e. The fourth-order valence-electron chi connectivity index (χ4n) is 1.48. The molecule has 6 heteroatoms. The number of carbonyl (C=O) groups excluding carboxylic acids is 2. The molecule has 0 saturated carbocycles. The van der Waals surface area contributed by atoms with Crippen LogP contribution in [0.4, 0.5) is 0 Å². The van der Waals surface area contributed by atoms with Gasteiger partial charge in [0.15, 0.2) is 0 Å². The zero-order chi connectivity index (χ0) is 24.0. The molecule has 1 rings (SSSR count). The van der Waals surface area contributed by atoms with Gasteiger partial charge in [0, 0.05) is 0 Å². The number of hydrogen-bond acceptors (Lipinski definition) is 5. The zero-order valence-corrected chi connectivity index (χ0v) is 20.1. The Morgan fingerprint density at radius 3 is 1.42 bits per heavy atom. The highest BCUT2D eigenvalue weighted by molar-refractivity contribution is 5.89. The maximum atomic E-state index is 11.4. The summed E-state index contributed by atoms with van der Waals surface area (Å²) in [6, 6.07) is 9.04. The molecule has 1 atom stereocenters. The van der Waals surface area contributed by atoms with Crippen LogP contribution in [0.25, 0.3) is 0 Å². The molecule has 0 aliphatic rings. The molecular weight excluding hydrogens is 456 g/mol. The van der Waals surface area contributed by atoms with Crippen LogP contribution in [0, 0.1) is 10.8 Å². The summed E-state index contributed by atoms with van der Waals surface area (Å²) in [7, 11) is 1.42. The highest BCUT2D eigenvalue weighted by Gasteiger charge is 2.25. The van der Waals surface area contributed by atoms with Crippen molar-refractivity contribution in [3.8, 4) is 0 Å². The van der Waals surface area contributed by atoms with E-state index in [-0.39, 0.29) is 68.0 Å². The molecule has 0 aromatic heterocycles. The molecule has 1 aromatic rings. The van der Waals surface area contributed by atoms with Gasteiger partial charge in [0.1, 0.15) is 0 Å². The molecule has 1 aromatic carbocycles. The topological polar surface area (TPSA) is 89.9 Å². The molecule has 0 heterocycles. The number of benzene rings is 1. The highest BCUT2D eigenvalue weighted by Crippen LogP contribution is 2.20. The predicted octanol–water partition coefficient (Wildman–Crippen LogP) is 9.56. The Hall–Kier alpha value is -2.37. The van der Waals surface area contributed by atoms with E-state index in [4.69, 9.17) is 9.84 Å². The van der Waals surface area contributed by atoms with Crippen LogP contribution < -0.4 is 0 Å². The third kappa shape index (κ3) is 23.4. The van der Waals surface area contributed by atoms with Crippen molar-refractivity contribution in [1.82, 2.24) is 0 Å². The molecule has 0 aliphatic heterocycles. The molecule has 6 nitrogen and oxygen atoms in total. The maximum absolute atomic E-state index is 11.4. The molecular formula is C30H64O6. The Morgan fingerprint density at radius 2 is 1.19 bits per heavy atom. The molecule has 0 saturated heterocycles. The van der Waals surface area contributed by atoms with Gasteiger partial charge in [-0.1, -0.05) is 83.5 Å². The number of carboxylic acid groups (broad SMARTS) is 1. The third-order valence-corrected chi connectivity index (χ3v) is 4.98. The van der Waals surface area contributed by atoms with Crippen LogP contribution in [0.15, 0.2) is 30.3 Å². The first-order valence-corrected chi connectivity index (χ1v) is 10.4. The van der Waals surface area contributed by atoms with E-state index in [1.54, 1.807) is 26.0 Å². The van der Waals surface area contributed by atoms with E-state index >= 15 is 0 Å². The number of methoxy groups -OCH3 is 1. The van der Waals surface area contributed by atoms with E-state index in [9.17, 15) is 14.4 Å². The third-order valence-electron chi connectivity index (χ3n) is 4.98. The van der Waals surface area contributed by atoms with Crippen LogP contribution in [0.1, 0.15) is 130 Å². The predicted molar refractivity (Wildman–Crippen MR) is 160 cm³/mol.